The van der Waals surface area contributed by atoms with Gasteiger partial charge in [0, 0.05) is 0 Å². The third kappa shape index (κ3) is 3.94. The van der Waals surface area contributed by atoms with Gasteiger partial charge < -0.3 is 4.74 Å². The molecule has 0 aliphatic heterocycles. The predicted octanol–water partition coefficient (Wildman–Crippen LogP) is 2.98. The number of rotatable bonds is 4. The summed E-state index contributed by atoms with van der Waals surface area (Å²) in [4.78, 5) is 11.2. The van der Waals surface area contributed by atoms with E-state index in [2.05, 4.69) is 11.3 Å². The molecule has 0 amide bonds. The quantitative estimate of drug-likeness (QED) is 0.601. The second-order valence-corrected chi connectivity index (χ2v) is 3.30. The van der Waals surface area contributed by atoms with Crippen LogP contribution in [0.5, 0.6) is 0 Å². The number of halogens is 3. The Labute approximate surface area is 96.7 Å². The average molecular weight is 244 g/mol. The molecule has 0 heterocycles. The molecular weight excluding hydrogens is 233 g/mol. The van der Waals surface area contributed by atoms with Crippen LogP contribution in [0.4, 0.5) is 13.2 Å². The molecule has 2 nitrogen and oxygen atoms in total. The third-order valence-corrected chi connectivity index (χ3v) is 2.02. The van der Waals surface area contributed by atoms with E-state index < -0.39 is 24.1 Å². The molecule has 0 N–H and O–H groups in total. The van der Waals surface area contributed by atoms with E-state index in [1.807, 2.05) is 0 Å². The maximum absolute atomic E-state index is 12.6. The van der Waals surface area contributed by atoms with Crippen LogP contribution >= 0.6 is 0 Å². The van der Waals surface area contributed by atoms with Crippen molar-refractivity contribution in [2.24, 2.45) is 0 Å². The largest absolute Gasteiger partial charge is 0.461 e. The number of esters is 1. The van der Waals surface area contributed by atoms with Crippen LogP contribution in [0.1, 0.15) is 11.1 Å². The van der Waals surface area contributed by atoms with Crippen LogP contribution in [-0.4, -0.2) is 12.6 Å². The number of hydrogen-bond acceptors (Lipinski definition) is 2. The summed E-state index contributed by atoms with van der Waals surface area (Å²) in [6.45, 7) is 3.33. The smallest absolute Gasteiger partial charge is 0.416 e. The summed E-state index contributed by atoms with van der Waals surface area (Å²) < 4.78 is 42.4. The zero-order chi connectivity index (χ0) is 12.9. The van der Waals surface area contributed by atoms with E-state index in [0.717, 1.165) is 6.07 Å². The maximum Gasteiger partial charge on any atom is 0.416 e. The highest BCUT2D eigenvalue weighted by molar-refractivity contribution is 5.73. The molecule has 0 bridgehead atoms. The average Bonchev–Trinajstić information content (AvgIpc) is 2.25. The number of ether oxygens (including phenoxy) is 1. The summed E-state index contributed by atoms with van der Waals surface area (Å²) in [5.74, 6) is -0.707. The van der Waals surface area contributed by atoms with Crippen molar-refractivity contribution < 1.29 is 22.7 Å². The number of benzene rings is 1. The van der Waals surface area contributed by atoms with Crippen LogP contribution < -0.4 is 0 Å². The number of carbonyl (C=O) groups excluding carboxylic acids is 1. The van der Waals surface area contributed by atoms with Gasteiger partial charge in [0.25, 0.3) is 0 Å². The molecule has 1 aromatic carbocycles. The summed E-state index contributed by atoms with van der Waals surface area (Å²) >= 11 is 0. The lowest BCUT2D eigenvalue weighted by molar-refractivity contribution is -0.142. The molecule has 0 aliphatic rings. The van der Waals surface area contributed by atoms with Crippen molar-refractivity contribution >= 4 is 5.97 Å². The predicted molar refractivity (Wildman–Crippen MR) is 56.3 cm³/mol. The minimum Gasteiger partial charge on any atom is -0.461 e. The van der Waals surface area contributed by atoms with Crippen LogP contribution in [0.25, 0.3) is 0 Å². The first kappa shape index (κ1) is 13.3. The van der Waals surface area contributed by atoms with Crippen LogP contribution in [0.2, 0.25) is 0 Å². The fourth-order valence-electron chi connectivity index (χ4n) is 1.31. The van der Waals surface area contributed by atoms with Gasteiger partial charge in [0.2, 0.25) is 0 Å². The lowest BCUT2D eigenvalue weighted by Gasteiger charge is -2.11. The fraction of sp³-hybridized carbons (Fsp3) is 0.250. The Bertz CT molecular complexity index is 410. The van der Waals surface area contributed by atoms with Gasteiger partial charge in [-0.3, -0.25) is 4.79 Å². The molecule has 0 atom stereocenters. The minimum atomic E-state index is -4.46. The van der Waals surface area contributed by atoms with Crippen LogP contribution in [0.3, 0.4) is 0 Å². The number of alkyl halides is 3. The Morgan fingerprint density at radius 3 is 2.59 bits per heavy atom. The third-order valence-electron chi connectivity index (χ3n) is 2.02. The standard InChI is InChI=1S/C12H11F3O2/c1-2-7-17-11(16)8-9-5-3-4-6-10(9)12(13,14)15/h2-6H,1,7-8H2. The first-order valence-electron chi connectivity index (χ1n) is 4.86. The first-order valence-corrected chi connectivity index (χ1v) is 4.86. The highest BCUT2D eigenvalue weighted by Gasteiger charge is 2.33. The van der Waals surface area contributed by atoms with Crippen LogP contribution in [0, 0.1) is 0 Å². The molecule has 1 aromatic rings. The highest BCUT2D eigenvalue weighted by Crippen LogP contribution is 2.32. The van der Waals surface area contributed by atoms with Gasteiger partial charge in [-0.2, -0.15) is 13.2 Å². The normalized spacial score (nSPS) is 11.0. The SMILES string of the molecule is C=CCOC(=O)Cc1ccccc1C(F)(F)F. The van der Waals surface area contributed by atoms with E-state index in [0.29, 0.717) is 0 Å². The van der Waals surface area contributed by atoms with E-state index in [1.54, 1.807) is 0 Å². The number of carbonyl (C=O) groups is 1. The van der Waals surface area contributed by atoms with Gasteiger partial charge in [-0.15, -0.1) is 0 Å². The lowest BCUT2D eigenvalue weighted by atomic mass is 10.0. The summed E-state index contributed by atoms with van der Waals surface area (Å²) in [6.07, 6.45) is -3.51. The Morgan fingerprint density at radius 1 is 1.35 bits per heavy atom. The van der Waals surface area contributed by atoms with Gasteiger partial charge >= 0.3 is 12.1 Å². The molecule has 17 heavy (non-hydrogen) atoms. The van der Waals surface area contributed by atoms with Gasteiger partial charge in [0.1, 0.15) is 6.61 Å². The second-order valence-electron chi connectivity index (χ2n) is 3.30. The molecule has 0 aromatic heterocycles. The highest BCUT2D eigenvalue weighted by atomic mass is 19.4. The molecule has 0 saturated carbocycles. The van der Waals surface area contributed by atoms with Crippen molar-refractivity contribution in [2.45, 2.75) is 12.6 Å². The van der Waals surface area contributed by atoms with Crippen molar-refractivity contribution in [3.8, 4) is 0 Å². The molecule has 92 valence electrons. The van der Waals surface area contributed by atoms with Gasteiger partial charge in [-0.05, 0) is 11.6 Å². The summed E-state index contributed by atoms with van der Waals surface area (Å²) in [5.41, 5.74) is -0.899. The molecule has 0 aliphatic carbocycles. The molecule has 0 radical (unpaired) electrons. The van der Waals surface area contributed by atoms with Crippen molar-refractivity contribution in [3.05, 3.63) is 48.0 Å². The van der Waals surface area contributed by atoms with Crippen molar-refractivity contribution in [1.29, 1.82) is 0 Å². The van der Waals surface area contributed by atoms with E-state index in [-0.39, 0.29) is 12.2 Å². The molecule has 0 saturated heterocycles. The lowest BCUT2D eigenvalue weighted by Crippen LogP contribution is -2.14. The molecule has 5 heteroatoms. The Kier molecular flexibility index (Phi) is 4.31. The van der Waals surface area contributed by atoms with Gasteiger partial charge in [-0.25, -0.2) is 0 Å². The first-order chi connectivity index (χ1) is 7.95. The summed E-state index contributed by atoms with van der Waals surface area (Å²) in [6, 6.07) is 4.93. The Morgan fingerprint density at radius 2 is 2.00 bits per heavy atom. The Balaban J connectivity index is 2.84. The molecule has 0 fully saturated rings. The van der Waals surface area contributed by atoms with Crippen LogP contribution in [0.15, 0.2) is 36.9 Å². The monoisotopic (exact) mass is 244 g/mol. The van der Waals surface area contributed by atoms with Crippen molar-refractivity contribution in [2.75, 3.05) is 6.61 Å². The molecule has 0 unspecified atom stereocenters. The number of hydrogen-bond donors (Lipinski definition) is 0. The van der Waals surface area contributed by atoms with Gasteiger partial charge in [0.15, 0.2) is 0 Å². The van der Waals surface area contributed by atoms with E-state index in [9.17, 15) is 18.0 Å². The second kappa shape index (κ2) is 5.52. The van der Waals surface area contributed by atoms with E-state index in [4.69, 9.17) is 0 Å². The summed E-state index contributed by atoms with van der Waals surface area (Å²) in [7, 11) is 0. The van der Waals surface area contributed by atoms with Crippen molar-refractivity contribution in [1.82, 2.24) is 0 Å². The summed E-state index contributed by atoms with van der Waals surface area (Å²) in [5, 5.41) is 0. The van der Waals surface area contributed by atoms with Crippen molar-refractivity contribution in [3.63, 3.8) is 0 Å². The zero-order valence-corrected chi connectivity index (χ0v) is 8.96. The molecule has 0 spiro atoms. The Hall–Kier alpha value is -1.78. The maximum atomic E-state index is 12.6. The minimum absolute atomic E-state index is 0.00693. The molecule has 1 rings (SSSR count). The van der Waals surface area contributed by atoms with Crippen LogP contribution in [-0.2, 0) is 22.1 Å². The fourth-order valence-corrected chi connectivity index (χ4v) is 1.31. The van der Waals surface area contributed by atoms with E-state index in [1.165, 1.54) is 24.3 Å². The topological polar surface area (TPSA) is 26.3 Å². The molecular formula is C12H11F3O2. The van der Waals surface area contributed by atoms with E-state index >= 15 is 0 Å². The zero-order valence-electron chi connectivity index (χ0n) is 8.96. The van der Waals surface area contributed by atoms with Gasteiger partial charge in [-0.1, -0.05) is 30.9 Å². The van der Waals surface area contributed by atoms with Gasteiger partial charge in [0.05, 0.1) is 12.0 Å².